The van der Waals surface area contributed by atoms with E-state index in [1.807, 2.05) is 0 Å². The summed E-state index contributed by atoms with van der Waals surface area (Å²) in [5.74, 6) is 0.183. The fraction of sp³-hybridized carbons (Fsp3) is 0.611. The van der Waals surface area contributed by atoms with Crippen LogP contribution in [-0.2, 0) is 15.7 Å². The zero-order valence-electron chi connectivity index (χ0n) is 14.9. The molecule has 27 heavy (non-hydrogen) atoms. The molecule has 1 N–H and O–H groups in total. The number of nitrogens with one attached hydrogen (secondary N) is 1. The molecule has 2 saturated heterocycles. The fourth-order valence-electron chi connectivity index (χ4n) is 3.35. The topological polar surface area (TPSA) is 50.8 Å². The lowest BCUT2D eigenvalue weighted by Gasteiger charge is -2.28. The third-order valence-electron chi connectivity index (χ3n) is 4.83. The fourth-order valence-corrected chi connectivity index (χ4v) is 3.35. The van der Waals surface area contributed by atoms with Gasteiger partial charge in [-0.25, -0.2) is 0 Å². The van der Waals surface area contributed by atoms with Crippen LogP contribution in [0.4, 0.5) is 13.2 Å². The van der Waals surface area contributed by atoms with Gasteiger partial charge >= 0.3 is 6.18 Å². The zero-order valence-corrected chi connectivity index (χ0v) is 15.7. The van der Waals surface area contributed by atoms with Gasteiger partial charge in [0.2, 0.25) is 0 Å². The summed E-state index contributed by atoms with van der Waals surface area (Å²) >= 11 is 0. The Morgan fingerprint density at radius 1 is 1.22 bits per heavy atom. The van der Waals surface area contributed by atoms with Crippen molar-refractivity contribution in [3.63, 3.8) is 0 Å². The summed E-state index contributed by atoms with van der Waals surface area (Å²) in [6.07, 6.45) is -2.91. The van der Waals surface area contributed by atoms with E-state index in [2.05, 4.69) is 5.32 Å². The first-order valence-corrected chi connectivity index (χ1v) is 8.85. The molecule has 0 bridgehead atoms. The lowest BCUT2D eigenvalue weighted by Crippen LogP contribution is -2.43. The Bertz CT molecular complexity index is 631. The van der Waals surface area contributed by atoms with Crippen molar-refractivity contribution in [1.29, 1.82) is 0 Å². The number of alkyl halides is 3. The molecule has 1 aromatic carbocycles. The number of nitrogens with zero attached hydrogens (tertiary/aromatic N) is 1. The summed E-state index contributed by atoms with van der Waals surface area (Å²) in [6, 6.07) is 3.52. The van der Waals surface area contributed by atoms with Crippen molar-refractivity contribution in [3.05, 3.63) is 29.3 Å². The molecule has 5 nitrogen and oxygen atoms in total. The van der Waals surface area contributed by atoms with E-state index in [4.69, 9.17) is 9.47 Å². The second-order valence-corrected chi connectivity index (χ2v) is 6.56. The van der Waals surface area contributed by atoms with Gasteiger partial charge in [-0.1, -0.05) is 0 Å². The van der Waals surface area contributed by atoms with E-state index in [1.54, 1.807) is 4.90 Å². The number of carbonyl (C=O) groups is 1. The third-order valence-corrected chi connectivity index (χ3v) is 4.83. The number of piperidine rings is 1. The number of morpholine rings is 1. The summed E-state index contributed by atoms with van der Waals surface area (Å²) in [5.41, 5.74) is -0.144. The van der Waals surface area contributed by atoms with Gasteiger partial charge in [-0.05, 0) is 55.6 Å². The summed E-state index contributed by atoms with van der Waals surface area (Å²) in [7, 11) is 0. The van der Waals surface area contributed by atoms with E-state index in [0.29, 0.717) is 37.6 Å². The van der Waals surface area contributed by atoms with Crippen molar-refractivity contribution in [2.75, 3.05) is 46.0 Å². The maximum absolute atomic E-state index is 13.1. The Morgan fingerprint density at radius 2 is 1.89 bits per heavy atom. The van der Waals surface area contributed by atoms with E-state index >= 15 is 0 Å². The Labute approximate surface area is 162 Å². The Morgan fingerprint density at radius 3 is 2.52 bits per heavy atom. The van der Waals surface area contributed by atoms with Crippen LogP contribution in [0, 0.1) is 0 Å². The largest absolute Gasteiger partial charge is 0.483 e. The van der Waals surface area contributed by atoms with Gasteiger partial charge in [0.1, 0.15) is 5.75 Å². The molecular weight excluding hydrogens is 385 g/mol. The zero-order chi connectivity index (χ0) is 18.6. The normalized spacial score (nSPS) is 18.7. The van der Waals surface area contributed by atoms with Gasteiger partial charge in [0.15, 0.2) is 6.61 Å². The number of carbonyl (C=O) groups excluding carboxylic acids is 1. The Kier molecular flexibility index (Phi) is 7.76. The molecule has 9 heteroatoms. The molecule has 2 heterocycles. The highest BCUT2D eigenvalue weighted by Crippen LogP contribution is 2.38. The Balaban J connectivity index is 0.00000261. The minimum Gasteiger partial charge on any atom is -0.483 e. The van der Waals surface area contributed by atoms with Gasteiger partial charge in [0.05, 0.1) is 18.8 Å². The van der Waals surface area contributed by atoms with Crippen LogP contribution in [0.3, 0.4) is 0 Å². The summed E-state index contributed by atoms with van der Waals surface area (Å²) < 4.78 is 50.2. The molecule has 152 valence electrons. The first-order chi connectivity index (χ1) is 12.4. The van der Waals surface area contributed by atoms with Crippen LogP contribution in [0.2, 0.25) is 0 Å². The maximum atomic E-state index is 13.1. The molecule has 0 unspecified atom stereocenters. The molecular formula is C18H24ClF3N2O3. The maximum Gasteiger partial charge on any atom is 0.416 e. The molecule has 1 aromatic rings. The molecule has 2 aliphatic heterocycles. The van der Waals surface area contributed by atoms with Gasteiger partial charge < -0.3 is 19.7 Å². The smallest absolute Gasteiger partial charge is 0.416 e. The number of benzene rings is 1. The number of amides is 1. The van der Waals surface area contributed by atoms with Crippen LogP contribution in [0.25, 0.3) is 0 Å². The van der Waals surface area contributed by atoms with Crippen molar-refractivity contribution in [1.82, 2.24) is 10.2 Å². The van der Waals surface area contributed by atoms with Crippen molar-refractivity contribution in [3.8, 4) is 5.75 Å². The number of rotatable bonds is 4. The monoisotopic (exact) mass is 408 g/mol. The molecule has 3 rings (SSSR count). The lowest BCUT2D eigenvalue weighted by molar-refractivity contribution is -0.138. The number of halogens is 4. The van der Waals surface area contributed by atoms with Gasteiger partial charge in [0.25, 0.3) is 5.91 Å². The predicted molar refractivity (Wildman–Crippen MR) is 96.4 cm³/mol. The van der Waals surface area contributed by atoms with E-state index in [1.165, 1.54) is 12.1 Å². The van der Waals surface area contributed by atoms with Crippen molar-refractivity contribution < 1.29 is 27.4 Å². The first-order valence-electron chi connectivity index (χ1n) is 8.85. The van der Waals surface area contributed by atoms with E-state index in [9.17, 15) is 18.0 Å². The summed E-state index contributed by atoms with van der Waals surface area (Å²) in [6.45, 7) is 3.34. The number of hydrogen-bond acceptors (Lipinski definition) is 4. The quantitative estimate of drug-likeness (QED) is 0.832. The minimum atomic E-state index is -4.40. The predicted octanol–water partition coefficient (Wildman–Crippen LogP) is 2.83. The summed E-state index contributed by atoms with van der Waals surface area (Å²) in [5, 5.41) is 3.21. The van der Waals surface area contributed by atoms with Crippen LogP contribution in [0.15, 0.2) is 18.2 Å². The highest BCUT2D eigenvalue weighted by Gasteiger charge is 2.32. The highest BCUT2D eigenvalue weighted by molar-refractivity contribution is 5.85. The first kappa shape index (κ1) is 21.8. The summed E-state index contributed by atoms with van der Waals surface area (Å²) in [4.78, 5) is 13.9. The molecule has 2 fully saturated rings. The molecule has 1 amide bonds. The van der Waals surface area contributed by atoms with Crippen LogP contribution in [-0.4, -0.2) is 56.8 Å². The second-order valence-electron chi connectivity index (χ2n) is 6.56. The second kappa shape index (κ2) is 9.61. The van der Waals surface area contributed by atoms with E-state index in [-0.39, 0.29) is 30.8 Å². The van der Waals surface area contributed by atoms with Crippen LogP contribution < -0.4 is 10.1 Å². The van der Waals surface area contributed by atoms with Gasteiger partial charge in [0, 0.05) is 13.1 Å². The molecule has 0 aliphatic carbocycles. The van der Waals surface area contributed by atoms with Crippen molar-refractivity contribution in [2.45, 2.75) is 24.9 Å². The van der Waals surface area contributed by atoms with Crippen LogP contribution in [0.1, 0.15) is 29.9 Å². The van der Waals surface area contributed by atoms with E-state index < -0.39 is 11.7 Å². The molecule has 0 saturated carbocycles. The van der Waals surface area contributed by atoms with Crippen molar-refractivity contribution >= 4 is 18.3 Å². The van der Waals surface area contributed by atoms with Gasteiger partial charge in [-0.15, -0.1) is 12.4 Å². The molecule has 0 spiro atoms. The average Bonchev–Trinajstić information content (AvgIpc) is 2.66. The highest BCUT2D eigenvalue weighted by atomic mass is 35.5. The van der Waals surface area contributed by atoms with E-state index in [0.717, 1.165) is 32.0 Å². The van der Waals surface area contributed by atoms with Gasteiger partial charge in [-0.3, -0.25) is 4.79 Å². The average molecular weight is 409 g/mol. The lowest BCUT2D eigenvalue weighted by atomic mass is 9.88. The molecule has 0 radical (unpaired) electrons. The molecule has 0 atom stereocenters. The molecule has 0 aromatic heterocycles. The number of ether oxygens (including phenoxy) is 2. The molecule has 2 aliphatic rings. The van der Waals surface area contributed by atoms with Gasteiger partial charge in [-0.2, -0.15) is 13.2 Å². The van der Waals surface area contributed by atoms with Crippen LogP contribution in [0.5, 0.6) is 5.75 Å². The Hall–Kier alpha value is -1.51. The minimum absolute atomic E-state index is 0. The SMILES string of the molecule is Cl.O=C(COc1ccc(C(F)(F)F)cc1C1CCNCC1)N1CCOCC1. The third kappa shape index (κ3) is 5.73. The number of hydrogen-bond donors (Lipinski definition) is 1. The van der Waals surface area contributed by atoms with Crippen molar-refractivity contribution in [2.24, 2.45) is 0 Å². The standard InChI is InChI=1S/C18H23F3N2O3.ClH/c19-18(20,21)14-1-2-16(15(11-14)13-3-5-22-6-4-13)26-12-17(24)23-7-9-25-10-8-23;/h1-2,11,13,22H,3-10,12H2;1H. The van der Waals surface area contributed by atoms with Crippen LogP contribution >= 0.6 is 12.4 Å².